The highest BCUT2D eigenvalue weighted by Gasteiger charge is 2.63. The SMILES string of the molecule is O=C1N2[C@@H](CC[C@H]2c2cc(F)cc(F)c2)OC12CC(Oc1ccnc3c(F)cnn13)C2. The molecule has 1 aliphatic carbocycles. The Morgan fingerprint density at radius 1 is 1.13 bits per heavy atom. The van der Waals surface area contributed by atoms with Crippen LogP contribution in [0.25, 0.3) is 5.65 Å². The van der Waals surface area contributed by atoms with Gasteiger partial charge in [0.05, 0.1) is 12.2 Å². The first-order chi connectivity index (χ1) is 14.9. The third-order valence-corrected chi connectivity index (χ3v) is 6.31. The first-order valence-corrected chi connectivity index (χ1v) is 10.0. The smallest absolute Gasteiger partial charge is 0.257 e. The molecule has 2 saturated heterocycles. The van der Waals surface area contributed by atoms with E-state index >= 15 is 0 Å². The van der Waals surface area contributed by atoms with Crippen molar-refractivity contribution in [3.05, 3.63) is 59.7 Å². The largest absolute Gasteiger partial charge is 0.474 e. The van der Waals surface area contributed by atoms with Crippen molar-refractivity contribution in [2.75, 3.05) is 0 Å². The molecule has 0 unspecified atom stereocenters. The first kappa shape index (κ1) is 18.6. The molecule has 7 nitrogen and oxygen atoms in total. The number of hydrogen-bond acceptors (Lipinski definition) is 5. The van der Waals surface area contributed by atoms with Gasteiger partial charge in [0.1, 0.15) is 24.0 Å². The predicted molar refractivity (Wildman–Crippen MR) is 99.4 cm³/mol. The highest BCUT2D eigenvalue weighted by atomic mass is 19.1. The molecule has 2 aliphatic heterocycles. The van der Waals surface area contributed by atoms with E-state index in [4.69, 9.17) is 9.47 Å². The van der Waals surface area contributed by atoms with Crippen molar-refractivity contribution < 1.29 is 27.4 Å². The normalized spacial score (nSPS) is 29.6. The Labute approximate surface area is 174 Å². The lowest BCUT2D eigenvalue weighted by Gasteiger charge is -2.42. The van der Waals surface area contributed by atoms with Crippen LogP contribution in [0.5, 0.6) is 5.88 Å². The average molecular weight is 430 g/mol. The van der Waals surface area contributed by atoms with Crippen molar-refractivity contribution in [2.24, 2.45) is 0 Å². The van der Waals surface area contributed by atoms with Crippen LogP contribution in [-0.4, -0.2) is 43.3 Å². The summed E-state index contributed by atoms with van der Waals surface area (Å²) in [5, 5.41) is 3.92. The van der Waals surface area contributed by atoms with Gasteiger partial charge in [0.25, 0.3) is 5.91 Å². The van der Waals surface area contributed by atoms with Crippen molar-refractivity contribution in [1.29, 1.82) is 0 Å². The van der Waals surface area contributed by atoms with Crippen LogP contribution in [0.1, 0.15) is 37.3 Å². The molecule has 0 bridgehead atoms. The van der Waals surface area contributed by atoms with Gasteiger partial charge >= 0.3 is 0 Å². The molecule has 3 aromatic rings. The van der Waals surface area contributed by atoms with Gasteiger partial charge in [-0.2, -0.15) is 9.61 Å². The lowest BCUT2D eigenvalue weighted by Crippen LogP contribution is -2.56. The van der Waals surface area contributed by atoms with Crippen molar-refractivity contribution in [3.8, 4) is 5.88 Å². The van der Waals surface area contributed by atoms with Crippen LogP contribution < -0.4 is 4.74 Å². The Kier molecular flexibility index (Phi) is 3.86. The van der Waals surface area contributed by atoms with Crippen molar-refractivity contribution in [2.45, 2.75) is 49.7 Å². The van der Waals surface area contributed by atoms with E-state index in [9.17, 15) is 18.0 Å². The Bertz CT molecular complexity index is 1190. The highest BCUT2D eigenvalue weighted by Crippen LogP contribution is 2.52. The zero-order valence-electron chi connectivity index (χ0n) is 16.2. The molecular weight excluding hydrogens is 413 g/mol. The zero-order valence-corrected chi connectivity index (χ0v) is 16.2. The van der Waals surface area contributed by atoms with Gasteiger partial charge < -0.3 is 14.4 Å². The Balaban J connectivity index is 1.20. The quantitative estimate of drug-likeness (QED) is 0.639. The summed E-state index contributed by atoms with van der Waals surface area (Å²) in [5.74, 6) is -1.75. The fourth-order valence-electron chi connectivity index (χ4n) is 4.94. The number of benzene rings is 1. The van der Waals surface area contributed by atoms with Gasteiger partial charge in [0.2, 0.25) is 5.88 Å². The molecular formula is C21H17F3N4O3. The number of fused-ring (bicyclic) bond motifs is 2. The molecule has 1 aromatic carbocycles. The van der Waals surface area contributed by atoms with Crippen LogP contribution in [0.15, 0.2) is 36.7 Å². The van der Waals surface area contributed by atoms with E-state index in [1.54, 1.807) is 11.0 Å². The molecule has 1 spiro atoms. The summed E-state index contributed by atoms with van der Waals surface area (Å²) in [6, 6.07) is 4.50. The summed E-state index contributed by atoms with van der Waals surface area (Å²) in [6.07, 6.45) is 3.59. The third kappa shape index (κ3) is 2.74. The van der Waals surface area contributed by atoms with Gasteiger partial charge in [-0.3, -0.25) is 4.79 Å². The molecule has 3 fully saturated rings. The van der Waals surface area contributed by atoms with E-state index in [0.717, 1.165) is 12.3 Å². The Hall–Kier alpha value is -3.14. The molecule has 0 N–H and O–H groups in total. The van der Waals surface area contributed by atoms with Crippen LogP contribution in [0.2, 0.25) is 0 Å². The maximum absolute atomic E-state index is 13.7. The molecule has 6 rings (SSSR count). The molecule has 2 atom stereocenters. The van der Waals surface area contributed by atoms with E-state index in [-0.39, 0.29) is 17.7 Å². The summed E-state index contributed by atoms with van der Waals surface area (Å²) in [7, 11) is 0. The van der Waals surface area contributed by atoms with Crippen LogP contribution in [-0.2, 0) is 9.53 Å². The second kappa shape index (κ2) is 6.43. The van der Waals surface area contributed by atoms with Gasteiger partial charge in [-0.1, -0.05) is 0 Å². The summed E-state index contributed by atoms with van der Waals surface area (Å²) >= 11 is 0. The topological polar surface area (TPSA) is 69.0 Å². The zero-order chi connectivity index (χ0) is 21.3. The fourth-order valence-corrected chi connectivity index (χ4v) is 4.94. The molecule has 160 valence electrons. The van der Waals surface area contributed by atoms with Gasteiger partial charge in [-0.25, -0.2) is 18.2 Å². The minimum atomic E-state index is -0.999. The van der Waals surface area contributed by atoms with Gasteiger partial charge in [0.15, 0.2) is 17.1 Å². The lowest BCUT2D eigenvalue weighted by molar-refractivity contribution is -0.162. The number of hydrogen-bond donors (Lipinski definition) is 0. The number of amides is 1. The number of nitrogens with zero attached hydrogens (tertiary/aromatic N) is 4. The Morgan fingerprint density at radius 2 is 1.90 bits per heavy atom. The van der Waals surface area contributed by atoms with Crippen LogP contribution in [0.3, 0.4) is 0 Å². The van der Waals surface area contributed by atoms with E-state index in [2.05, 4.69) is 10.1 Å². The number of carbonyl (C=O) groups is 1. The fraction of sp³-hybridized carbons (Fsp3) is 0.381. The highest BCUT2D eigenvalue weighted by molar-refractivity contribution is 5.89. The van der Waals surface area contributed by atoms with E-state index in [1.165, 1.54) is 22.8 Å². The first-order valence-electron chi connectivity index (χ1n) is 10.0. The number of rotatable bonds is 3. The molecule has 10 heteroatoms. The van der Waals surface area contributed by atoms with Gasteiger partial charge in [-0.05, 0) is 30.5 Å². The molecule has 1 amide bonds. The van der Waals surface area contributed by atoms with Crippen LogP contribution in [0, 0.1) is 17.5 Å². The van der Waals surface area contributed by atoms with Crippen molar-refractivity contribution in [1.82, 2.24) is 19.5 Å². The van der Waals surface area contributed by atoms with E-state index < -0.39 is 35.3 Å². The van der Waals surface area contributed by atoms with Gasteiger partial charge in [-0.15, -0.1) is 0 Å². The molecule has 1 saturated carbocycles. The number of ether oxygens (including phenoxy) is 2. The summed E-state index contributed by atoms with van der Waals surface area (Å²) in [5.41, 5.74) is -0.506. The summed E-state index contributed by atoms with van der Waals surface area (Å²) in [4.78, 5) is 18.8. The van der Waals surface area contributed by atoms with Gasteiger partial charge in [0, 0.05) is 31.2 Å². The Morgan fingerprint density at radius 3 is 2.68 bits per heavy atom. The van der Waals surface area contributed by atoms with Crippen molar-refractivity contribution >= 4 is 11.6 Å². The van der Waals surface area contributed by atoms with Crippen molar-refractivity contribution in [3.63, 3.8) is 0 Å². The number of aromatic nitrogens is 3. The molecule has 31 heavy (non-hydrogen) atoms. The summed E-state index contributed by atoms with van der Waals surface area (Å²) < 4.78 is 54.4. The van der Waals surface area contributed by atoms with E-state index in [0.29, 0.717) is 37.1 Å². The number of carbonyl (C=O) groups excluding carboxylic acids is 1. The molecule has 2 aromatic heterocycles. The second-order valence-corrected chi connectivity index (χ2v) is 8.23. The average Bonchev–Trinajstić information content (AvgIpc) is 3.36. The number of halogens is 3. The van der Waals surface area contributed by atoms with Crippen LogP contribution >= 0.6 is 0 Å². The molecule has 3 aliphatic rings. The summed E-state index contributed by atoms with van der Waals surface area (Å²) in [6.45, 7) is 0. The predicted octanol–water partition coefficient (Wildman–Crippen LogP) is 3.15. The third-order valence-electron chi connectivity index (χ3n) is 6.31. The molecule has 4 heterocycles. The monoisotopic (exact) mass is 430 g/mol. The van der Waals surface area contributed by atoms with E-state index in [1.807, 2.05) is 0 Å². The second-order valence-electron chi connectivity index (χ2n) is 8.23. The maximum Gasteiger partial charge on any atom is 0.257 e. The molecule has 0 radical (unpaired) electrons. The standard InChI is InChI=1S/C21H17F3N4O3/c22-12-5-11(6-13(23)7-12)16-1-2-17-27(16)20(29)21(31-17)8-14(9-21)30-18-3-4-25-19-15(24)10-26-28(18)19/h3-7,10,14,16-17H,1-2,8-9H2/t14?,16-,17+,21?/m0/s1. The maximum atomic E-state index is 13.7. The lowest BCUT2D eigenvalue weighted by atomic mass is 9.76. The minimum Gasteiger partial charge on any atom is -0.474 e. The van der Waals surface area contributed by atoms with Crippen LogP contribution in [0.4, 0.5) is 13.2 Å². The minimum absolute atomic E-state index is 0.0607.